The Kier molecular flexibility index (Phi) is 5.49. The van der Waals surface area contributed by atoms with Crippen molar-refractivity contribution in [3.05, 3.63) is 65.7 Å². The molecule has 1 amide bonds. The van der Waals surface area contributed by atoms with E-state index in [0.717, 1.165) is 36.1 Å². The van der Waals surface area contributed by atoms with E-state index >= 15 is 0 Å². The lowest BCUT2D eigenvalue weighted by Gasteiger charge is -2.14. The van der Waals surface area contributed by atoms with Crippen LogP contribution in [-0.2, 0) is 17.8 Å². The zero-order chi connectivity index (χ0) is 16.8. The minimum absolute atomic E-state index is 0.0323. The second kappa shape index (κ2) is 7.97. The number of ether oxygens (including phenoxy) is 1. The van der Waals surface area contributed by atoms with Crippen molar-refractivity contribution in [3.63, 3.8) is 0 Å². The summed E-state index contributed by atoms with van der Waals surface area (Å²) in [6, 6.07) is 18.2. The Labute approximate surface area is 143 Å². The molecule has 2 atom stereocenters. The topological polar surface area (TPSA) is 64.3 Å². The van der Waals surface area contributed by atoms with E-state index in [1.165, 1.54) is 0 Å². The Morgan fingerprint density at radius 3 is 2.58 bits per heavy atom. The fourth-order valence-corrected chi connectivity index (χ4v) is 3.13. The van der Waals surface area contributed by atoms with Crippen LogP contribution in [0.1, 0.15) is 30.4 Å². The normalized spacial score (nSPS) is 19.9. The molecule has 3 N–H and O–H groups in total. The van der Waals surface area contributed by atoms with E-state index in [-0.39, 0.29) is 18.0 Å². The van der Waals surface area contributed by atoms with Crippen molar-refractivity contribution in [1.29, 1.82) is 0 Å². The molecular weight excluding hydrogens is 300 g/mol. The average molecular weight is 324 g/mol. The van der Waals surface area contributed by atoms with E-state index in [1.54, 1.807) is 0 Å². The van der Waals surface area contributed by atoms with Gasteiger partial charge in [-0.1, -0.05) is 48.5 Å². The summed E-state index contributed by atoms with van der Waals surface area (Å²) in [6.07, 6.45) is 3.16. The molecule has 0 saturated heterocycles. The molecule has 24 heavy (non-hydrogen) atoms. The van der Waals surface area contributed by atoms with Gasteiger partial charge in [-0.25, -0.2) is 0 Å². The van der Waals surface area contributed by atoms with Gasteiger partial charge in [0.1, 0.15) is 12.4 Å². The predicted molar refractivity (Wildman–Crippen MR) is 94.7 cm³/mol. The highest BCUT2D eigenvalue weighted by atomic mass is 16.5. The molecule has 4 heteroatoms. The Balaban J connectivity index is 1.58. The molecule has 0 aromatic heterocycles. The van der Waals surface area contributed by atoms with E-state index < -0.39 is 0 Å². The summed E-state index contributed by atoms with van der Waals surface area (Å²) in [6.45, 7) is 0.497. The third kappa shape index (κ3) is 4.59. The SMILES string of the molecule is N[C@@H]1CC[C@@H](NC(=O)Cc2ccccc2OCc2ccccc2)C1. The van der Waals surface area contributed by atoms with Crippen LogP contribution in [0, 0.1) is 0 Å². The van der Waals surface area contributed by atoms with Crippen LogP contribution >= 0.6 is 0 Å². The van der Waals surface area contributed by atoms with Crippen LogP contribution in [0.4, 0.5) is 0 Å². The Morgan fingerprint density at radius 2 is 1.83 bits per heavy atom. The van der Waals surface area contributed by atoms with Crippen LogP contribution in [0.25, 0.3) is 0 Å². The number of para-hydroxylation sites is 1. The van der Waals surface area contributed by atoms with Crippen LogP contribution in [0.2, 0.25) is 0 Å². The maximum atomic E-state index is 12.3. The molecule has 3 rings (SSSR count). The summed E-state index contributed by atoms with van der Waals surface area (Å²) in [4.78, 5) is 12.3. The van der Waals surface area contributed by atoms with Gasteiger partial charge in [-0.3, -0.25) is 4.79 Å². The highest BCUT2D eigenvalue weighted by Crippen LogP contribution is 2.21. The molecule has 1 fully saturated rings. The number of nitrogens with one attached hydrogen (secondary N) is 1. The number of hydrogen-bond donors (Lipinski definition) is 2. The molecule has 126 valence electrons. The number of hydrogen-bond acceptors (Lipinski definition) is 3. The van der Waals surface area contributed by atoms with Crippen molar-refractivity contribution in [2.75, 3.05) is 0 Å². The predicted octanol–water partition coefficient (Wildman–Crippen LogP) is 2.80. The molecular formula is C20H24N2O2. The van der Waals surface area contributed by atoms with Crippen molar-refractivity contribution in [2.45, 2.75) is 44.4 Å². The zero-order valence-electron chi connectivity index (χ0n) is 13.8. The van der Waals surface area contributed by atoms with Gasteiger partial charge in [-0.05, 0) is 30.9 Å². The summed E-state index contributed by atoms with van der Waals surface area (Å²) < 4.78 is 5.91. The molecule has 1 saturated carbocycles. The third-order valence-electron chi connectivity index (χ3n) is 4.40. The lowest BCUT2D eigenvalue weighted by atomic mass is 10.1. The van der Waals surface area contributed by atoms with Crippen LogP contribution in [0.5, 0.6) is 5.75 Å². The van der Waals surface area contributed by atoms with Crippen molar-refractivity contribution < 1.29 is 9.53 Å². The molecule has 0 heterocycles. The summed E-state index contributed by atoms with van der Waals surface area (Å²) in [5, 5.41) is 3.08. The summed E-state index contributed by atoms with van der Waals surface area (Å²) in [5.41, 5.74) is 7.92. The van der Waals surface area contributed by atoms with Crippen molar-refractivity contribution in [3.8, 4) is 5.75 Å². The van der Waals surface area contributed by atoms with Gasteiger partial charge in [-0.15, -0.1) is 0 Å². The standard InChI is InChI=1S/C20H24N2O2/c21-17-10-11-18(13-17)22-20(23)12-16-8-4-5-9-19(16)24-14-15-6-2-1-3-7-15/h1-9,17-18H,10-14,21H2,(H,22,23)/t17-,18-/m1/s1. The fourth-order valence-electron chi connectivity index (χ4n) is 3.13. The average Bonchev–Trinajstić information content (AvgIpc) is 3.00. The monoisotopic (exact) mass is 324 g/mol. The van der Waals surface area contributed by atoms with E-state index in [2.05, 4.69) is 5.32 Å². The Hall–Kier alpha value is -2.33. The van der Waals surface area contributed by atoms with Gasteiger partial charge in [0.25, 0.3) is 0 Å². The van der Waals surface area contributed by atoms with Gasteiger partial charge in [0.05, 0.1) is 6.42 Å². The number of amides is 1. The van der Waals surface area contributed by atoms with Gasteiger partial charge < -0.3 is 15.8 Å². The molecule has 0 spiro atoms. The quantitative estimate of drug-likeness (QED) is 0.859. The Morgan fingerprint density at radius 1 is 1.08 bits per heavy atom. The first-order valence-electron chi connectivity index (χ1n) is 8.50. The highest BCUT2D eigenvalue weighted by molar-refractivity contribution is 5.79. The largest absolute Gasteiger partial charge is 0.489 e. The molecule has 0 aliphatic heterocycles. The number of rotatable bonds is 6. The van der Waals surface area contributed by atoms with Gasteiger partial charge in [0.2, 0.25) is 5.91 Å². The molecule has 1 aliphatic rings. The van der Waals surface area contributed by atoms with Gasteiger partial charge in [0.15, 0.2) is 0 Å². The maximum absolute atomic E-state index is 12.3. The molecule has 0 unspecified atom stereocenters. The third-order valence-corrected chi connectivity index (χ3v) is 4.40. The van der Waals surface area contributed by atoms with Crippen LogP contribution in [0.3, 0.4) is 0 Å². The fraction of sp³-hybridized carbons (Fsp3) is 0.350. The van der Waals surface area contributed by atoms with E-state index in [9.17, 15) is 4.79 Å². The van der Waals surface area contributed by atoms with E-state index in [0.29, 0.717) is 13.0 Å². The minimum Gasteiger partial charge on any atom is -0.489 e. The molecule has 1 aliphatic carbocycles. The summed E-state index contributed by atoms with van der Waals surface area (Å²) in [5.74, 6) is 0.796. The molecule has 0 bridgehead atoms. The molecule has 4 nitrogen and oxygen atoms in total. The maximum Gasteiger partial charge on any atom is 0.224 e. The number of nitrogens with two attached hydrogens (primary N) is 1. The van der Waals surface area contributed by atoms with Gasteiger partial charge in [0, 0.05) is 17.6 Å². The lowest BCUT2D eigenvalue weighted by molar-refractivity contribution is -0.121. The molecule has 2 aromatic rings. The molecule has 2 aromatic carbocycles. The van der Waals surface area contributed by atoms with Crippen molar-refractivity contribution in [1.82, 2.24) is 5.32 Å². The first kappa shape index (κ1) is 16.5. The van der Waals surface area contributed by atoms with E-state index in [4.69, 9.17) is 10.5 Å². The first-order chi connectivity index (χ1) is 11.7. The highest BCUT2D eigenvalue weighted by Gasteiger charge is 2.23. The zero-order valence-corrected chi connectivity index (χ0v) is 13.8. The Bertz CT molecular complexity index is 672. The molecule has 0 radical (unpaired) electrons. The number of carbonyl (C=O) groups is 1. The van der Waals surface area contributed by atoms with Crippen molar-refractivity contribution in [2.24, 2.45) is 5.73 Å². The van der Waals surface area contributed by atoms with Gasteiger partial charge in [-0.2, -0.15) is 0 Å². The summed E-state index contributed by atoms with van der Waals surface area (Å²) >= 11 is 0. The lowest BCUT2D eigenvalue weighted by Crippen LogP contribution is -2.35. The van der Waals surface area contributed by atoms with E-state index in [1.807, 2.05) is 54.6 Å². The number of benzene rings is 2. The van der Waals surface area contributed by atoms with Crippen LogP contribution < -0.4 is 15.8 Å². The second-order valence-electron chi connectivity index (χ2n) is 6.40. The van der Waals surface area contributed by atoms with Gasteiger partial charge >= 0.3 is 0 Å². The van der Waals surface area contributed by atoms with Crippen molar-refractivity contribution >= 4 is 5.91 Å². The van der Waals surface area contributed by atoms with Crippen LogP contribution in [0.15, 0.2) is 54.6 Å². The van der Waals surface area contributed by atoms with Crippen LogP contribution in [-0.4, -0.2) is 18.0 Å². The second-order valence-corrected chi connectivity index (χ2v) is 6.40. The number of carbonyl (C=O) groups excluding carboxylic acids is 1. The minimum atomic E-state index is 0.0323. The first-order valence-corrected chi connectivity index (χ1v) is 8.50. The smallest absolute Gasteiger partial charge is 0.224 e. The summed E-state index contributed by atoms with van der Waals surface area (Å²) in [7, 11) is 0.